The van der Waals surface area contributed by atoms with Crippen LogP contribution in [0.5, 0.6) is 11.5 Å². The van der Waals surface area contributed by atoms with Crippen molar-refractivity contribution < 1.29 is 15.1 Å². The third-order valence-corrected chi connectivity index (χ3v) is 3.22. The van der Waals surface area contributed by atoms with Crippen LogP contribution in [-0.2, 0) is 6.42 Å². The van der Waals surface area contributed by atoms with Crippen molar-refractivity contribution in [3.05, 3.63) is 58.6 Å². The van der Waals surface area contributed by atoms with Gasteiger partial charge in [-0.2, -0.15) is 0 Å². The van der Waals surface area contributed by atoms with E-state index in [1.165, 1.54) is 0 Å². The minimum absolute atomic E-state index is 0.0452. The molecule has 2 aromatic carbocycles. The van der Waals surface area contributed by atoms with Gasteiger partial charge in [-0.05, 0) is 30.2 Å². The Morgan fingerprint density at radius 3 is 2.67 bits per heavy atom. The van der Waals surface area contributed by atoms with Crippen LogP contribution in [-0.4, -0.2) is 22.8 Å². The lowest BCUT2D eigenvalue weighted by atomic mass is 10.1. The summed E-state index contributed by atoms with van der Waals surface area (Å²) < 4.78 is 5.77. The van der Waals surface area contributed by atoms with Gasteiger partial charge in [0.2, 0.25) is 0 Å². The summed E-state index contributed by atoms with van der Waals surface area (Å²) in [7, 11) is 0. The van der Waals surface area contributed by atoms with Crippen LogP contribution in [0.1, 0.15) is 11.1 Å². The quantitative estimate of drug-likeness (QED) is 0.343. The number of halogens is 1. The first kappa shape index (κ1) is 15.2. The van der Waals surface area contributed by atoms with Gasteiger partial charge in [-0.1, -0.05) is 35.0 Å². The molecule has 0 saturated heterocycles. The van der Waals surface area contributed by atoms with Gasteiger partial charge in [-0.15, -0.1) is 0 Å². The van der Waals surface area contributed by atoms with E-state index in [9.17, 15) is 0 Å². The zero-order valence-electron chi connectivity index (χ0n) is 11.2. The number of amidine groups is 1. The summed E-state index contributed by atoms with van der Waals surface area (Å²) in [6, 6.07) is 12.3. The molecule has 0 aliphatic carbocycles. The Bertz CT molecular complexity index is 659. The number of aliphatic hydroxyl groups excluding tert-OH is 1. The highest BCUT2D eigenvalue weighted by Gasteiger charge is 2.09. The van der Waals surface area contributed by atoms with E-state index in [-0.39, 0.29) is 12.4 Å². The fourth-order valence-electron chi connectivity index (χ4n) is 1.88. The zero-order valence-corrected chi connectivity index (χ0v) is 11.9. The number of benzene rings is 2. The fraction of sp³-hybridized carbons (Fsp3) is 0.133. The Kier molecular flexibility index (Phi) is 5.03. The van der Waals surface area contributed by atoms with Crippen molar-refractivity contribution in [2.75, 3.05) is 6.61 Å². The standard InChI is InChI=1S/C15H15ClN2O3/c16-13-9-11(5-6-12(13)15(17)18-20)21-14-4-2-1-3-10(14)7-8-19/h1-6,9,19-20H,7-8H2,(H2,17,18). The first-order valence-electron chi connectivity index (χ1n) is 6.29. The van der Waals surface area contributed by atoms with Crippen LogP contribution in [0.25, 0.3) is 0 Å². The minimum Gasteiger partial charge on any atom is -0.457 e. The molecular weight excluding hydrogens is 292 g/mol. The second kappa shape index (κ2) is 6.97. The molecule has 0 heterocycles. The molecule has 5 nitrogen and oxygen atoms in total. The number of oxime groups is 1. The molecule has 110 valence electrons. The molecule has 0 bridgehead atoms. The lowest BCUT2D eigenvalue weighted by molar-refractivity contribution is 0.298. The van der Waals surface area contributed by atoms with E-state index in [0.29, 0.717) is 28.5 Å². The van der Waals surface area contributed by atoms with Crippen LogP contribution < -0.4 is 10.5 Å². The highest BCUT2D eigenvalue weighted by Crippen LogP contribution is 2.29. The monoisotopic (exact) mass is 306 g/mol. The van der Waals surface area contributed by atoms with Crippen LogP contribution in [0.3, 0.4) is 0 Å². The predicted octanol–water partition coefficient (Wildman–Crippen LogP) is 2.76. The molecule has 0 atom stereocenters. The van der Waals surface area contributed by atoms with E-state index in [1.807, 2.05) is 24.3 Å². The average molecular weight is 307 g/mol. The summed E-state index contributed by atoms with van der Waals surface area (Å²) in [6.07, 6.45) is 0.506. The zero-order chi connectivity index (χ0) is 15.2. The molecule has 6 heteroatoms. The summed E-state index contributed by atoms with van der Waals surface area (Å²) in [4.78, 5) is 0. The number of rotatable bonds is 5. The molecule has 0 fully saturated rings. The summed E-state index contributed by atoms with van der Waals surface area (Å²) in [5.41, 5.74) is 6.83. The molecule has 4 N–H and O–H groups in total. The molecule has 0 unspecified atom stereocenters. The maximum Gasteiger partial charge on any atom is 0.171 e. The summed E-state index contributed by atoms with van der Waals surface area (Å²) in [5, 5.41) is 20.9. The normalized spacial score (nSPS) is 11.4. The van der Waals surface area contributed by atoms with Gasteiger partial charge in [0.1, 0.15) is 11.5 Å². The largest absolute Gasteiger partial charge is 0.457 e. The van der Waals surface area contributed by atoms with E-state index in [0.717, 1.165) is 5.56 Å². The minimum atomic E-state index is -0.0627. The van der Waals surface area contributed by atoms with Gasteiger partial charge in [-0.25, -0.2) is 0 Å². The first-order valence-corrected chi connectivity index (χ1v) is 6.67. The molecule has 0 radical (unpaired) electrons. The second-order valence-electron chi connectivity index (χ2n) is 4.31. The number of ether oxygens (including phenoxy) is 1. The molecule has 21 heavy (non-hydrogen) atoms. The number of nitrogens with two attached hydrogens (primary N) is 1. The molecule has 2 aromatic rings. The molecule has 0 aliphatic heterocycles. The van der Waals surface area contributed by atoms with Crippen molar-refractivity contribution in [3.63, 3.8) is 0 Å². The van der Waals surface area contributed by atoms with Crippen molar-refractivity contribution in [2.24, 2.45) is 10.9 Å². The van der Waals surface area contributed by atoms with Crippen LogP contribution in [0, 0.1) is 0 Å². The number of nitrogens with zero attached hydrogens (tertiary/aromatic N) is 1. The molecule has 2 rings (SSSR count). The smallest absolute Gasteiger partial charge is 0.171 e. The molecular formula is C15H15ClN2O3. The number of para-hydroxylation sites is 1. The third-order valence-electron chi connectivity index (χ3n) is 2.91. The molecule has 0 saturated carbocycles. The molecule has 0 aromatic heterocycles. The van der Waals surface area contributed by atoms with Crippen molar-refractivity contribution >= 4 is 17.4 Å². The van der Waals surface area contributed by atoms with Crippen molar-refractivity contribution in [2.45, 2.75) is 6.42 Å². The third kappa shape index (κ3) is 3.65. The van der Waals surface area contributed by atoms with Crippen LogP contribution in [0.15, 0.2) is 47.6 Å². The summed E-state index contributed by atoms with van der Waals surface area (Å²) in [6.45, 7) is 0.0452. The lowest BCUT2D eigenvalue weighted by Crippen LogP contribution is -2.13. The Balaban J connectivity index is 2.27. The maximum atomic E-state index is 9.05. The van der Waals surface area contributed by atoms with E-state index in [1.54, 1.807) is 18.2 Å². The van der Waals surface area contributed by atoms with E-state index < -0.39 is 0 Å². The Morgan fingerprint density at radius 1 is 1.24 bits per heavy atom. The SMILES string of the molecule is N/C(=N/O)c1ccc(Oc2ccccc2CCO)cc1Cl. The van der Waals surface area contributed by atoms with Gasteiger partial charge >= 0.3 is 0 Å². The van der Waals surface area contributed by atoms with Crippen molar-refractivity contribution in [3.8, 4) is 11.5 Å². The highest BCUT2D eigenvalue weighted by atomic mass is 35.5. The van der Waals surface area contributed by atoms with Crippen molar-refractivity contribution in [1.29, 1.82) is 0 Å². The topological polar surface area (TPSA) is 88.1 Å². The summed E-state index contributed by atoms with van der Waals surface area (Å²) >= 11 is 6.08. The number of aliphatic hydroxyl groups is 1. The van der Waals surface area contributed by atoms with Crippen LogP contribution >= 0.6 is 11.6 Å². The van der Waals surface area contributed by atoms with Gasteiger partial charge in [0, 0.05) is 18.2 Å². The molecule has 0 spiro atoms. The van der Waals surface area contributed by atoms with Gasteiger partial charge in [0.15, 0.2) is 5.84 Å². The van der Waals surface area contributed by atoms with E-state index >= 15 is 0 Å². The van der Waals surface area contributed by atoms with Crippen molar-refractivity contribution in [1.82, 2.24) is 0 Å². The van der Waals surface area contributed by atoms with E-state index in [4.69, 9.17) is 32.4 Å². The van der Waals surface area contributed by atoms with Gasteiger partial charge in [0.25, 0.3) is 0 Å². The lowest BCUT2D eigenvalue weighted by Gasteiger charge is -2.11. The van der Waals surface area contributed by atoms with Crippen LogP contribution in [0.4, 0.5) is 0 Å². The van der Waals surface area contributed by atoms with Gasteiger partial charge in [0.05, 0.1) is 5.02 Å². The average Bonchev–Trinajstić information content (AvgIpc) is 2.49. The van der Waals surface area contributed by atoms with Gasteiger partial charge in [-0.3, -0.25) is 0 Å². The Morgan fingerprint density at radius 2 is 2.00 bits per heavy atom. The van der Waals surface area contributed by atoms with E-state index in [2.05, 4.69) is 5.16 Å². The Labute approximate surface area is 127 Å². The first-order chi connectivity index (χ1) is 10.2. The predicted molar refractivity (Wildman–Crippen MR) is 81.3 cm³/mol. The molecule has 0 amide bonds. The second-order valence-corrected chi connectivity index (χ2v) is 4.72. The fourth-order valence-corrected chi connectivity index (χ4v) is 2.15. The Hall–Kier alpha value is -2.24. The van der Waals surface area contributed by atoms with Crippen LogP contribution in [0.2, 0.25) is 5.02 Å². The number of hydrogen-bond acceptors (Lipinski definition) is 4. The van der Waals surface area contributed by atoms with Gasteiger partial charge < -0.3 is 20.8 Å². The maximum absolute atomic E-state index is 9.05. The molecule has 0 aliphatic rings. The number of hydrogen-bond donors (Lipinski definition) is 3. The summed E-state index contributed by atoms with van der Waals surface area (Å²) in [5.74, 6) is 1.12. The highest BCUT2D eigenvalue weighted by molar-refractivity contribution is 6.34.